The minimum atomic E-state index is 0.737. The molecule has 0 saturated carbocycles. The van der Waals surface area contributed by atoms with Crippen LogP contribution < -0.4 is 0 Å². The highest BCUT2D eigenvalue weighted by atomic mass is 32.2. The average molecular weight is 133 g/mol. The third kappa shape index (κ3) is 6.44. The van der Waals surface area contributed by atoms with E-state index in [0.717, 1.165) is 11.7 Å². The topological polar surface area (TPSA) is 0 Å². The van der Waals surface area contributed by atoms with Crippen molar-refractivity contribution >= 4 is 28.7 Å². The lowest BCUT2D eigenvalue weighted by Gasteiger charge is -1.95. The summed E-state index contributed by atoms with van der Waals surface area (Å²) in [5, 5.41) is 0. The molecule has 0 bridgehead atoms. The molecule has 0 aromatic heterocycles. The largest absolute Gasteiger partial charge is 0.112 e. The van der Waals surface area contributed by atoms with E-state index in [2.05, 4.69) is 30.8 Å². The van der Waals surface area contributed by atoms with E-state index in [1.165, 1.54) is 0 Å². The molecule has 0 saturated heterocycles. The van der Waals surface area contributed by atoms with Gasteiger partial charge >= 0.3 is 0 Å². The molecular formula is C5H9S2. The first-order chi connectivity index (χ1) is 3.27. The molecule has 0 amide bonds. The number of rotatable bonds is 3. The van der Waals surface area contributed by atoms with E-state index in [1.54, 1.807) is 11.8 Å². The maximum absolute atomic E-state index is 4.48. The van der Waals surface area contributed by atoms with Gasteiger partial charge in [-0.15, -0.1) is 11.8 Å². The zero-order valence-corrected chi connectivity index (χ0v) is 6.23. The van der Waals surface area contributed by atoms with Gasteiger partial charge in [-0.3, -0.25) is 0 Å². The van der Waals surface area contributed by atoms with Gasteiger partial charge in [0.1, 0.15) is 0 Å². The molecule has 0 rings (SSSR count). The normalized spacial score (nSPS) is 9.57. The van der Waals surface area contributed by atoms with Crippen LogP contribution in [0.2, 0.25) is 0 Å². The molecule has 1 radical (unpaired) electrons. The Kier molecular flexibility index (Phi) is 4.88. The van der Waals surface area contributed by atoms with Crippen molar-refractivity contribution in [3.63, 3.8) is 0 Å². The first-order valence-corrected chi connectivity index (χ1v) is 3.65. The number of hydrogen-bond acceptors (Lipinski definition) is 2. The minimum Gasteiger partial charge on any atom is -0.112 e. The smallest absolute Gasteiger partial charge is 0.0951 e. The van der Waals surface area contributed by atoms with E-state index in [1.807, 2.05) is 0 Å². The molecule has 0 aliphatic heterocycles. The summed E-state index contributed by atoms with van der Waals surface area (Å²) in [4.78, 5) is 0. The number of thioether (sulfide) groups is 1. The fourth-order valence-corrected chi connectivity index (χ4v) is 0.806. The molecule has 0 unspecified atom stereocenters. The fraction of sp³-hybridized carbons (Fsp3) is 0.800. The Morgan fingerprint density at radius 3 is 2.43 bits per heavy atom. The molecule has 0 N–H and O–H groups in total. The van der Waals surface area contributed by atoms with Crippen LogP contribution in [0.15, 0.2) is 0 Å². The molecule has 41 valence electrons. The monoisotopic (exact) mass is 133 g/mol. The predicted octanol–water partition coefficient (Wildman–Crippen LogP) is 2.21. The maximum atomic E-state index is 4.48. The Bertz CT molecular complexity index is 50.0. The summed E-state index contributed by atoms with van der Waals surface area (Å²) in [5.41, 5.74) is 0. The van der Waals surface area contributed by atoms with E-state index >= 15 is 0 Å². The second kappa shape index (κ2) is 4.60. The summed E-state index contributed by atoms with van der Waals surface area (Å²) in [7, 11) is 0. The summed E-state index contributed by atoms with van der Waals surface area (Å²) in [6, 6.07) is 0. The van der Waals surface area contributed by atoms with Crippen molar-refractivity contribution in [2.75, 3.05) is 5.75 Å². The molecular weight excluding hydrogens is 124 g/mol. The maximum Gasteiger partial charge on any atom is 0.0951 e. The van der Waals surface area contributed by atoms with Crippen molar-refractivity contribution < 1.29 is 0 Å². The fourth-order valence-electron chi connectivity index (χ4n) is 0.201. The number of thiocarbonyl (C=S) groups is 1. The van der Waals surface area contributed by atoms with E-state index in [-0.39, 0.29) is 0 Å². The second-order valence-corrected chi connectivity index (χ2v) is 3.08. The first kappa shape index (κ1) is 7.44. The van der Waals surface area contributed by atoms with Gasteiger partial charge in [0.2, 0.25) is 0 Å². The third-order valence-electron chi connectivity index (χ3n) is 0.476. The third-order valence-corrected chi connectivity index (χ3v) is 1.78. The summed E-state index contributed by atoms with van der Waals surface area (Å²) in [5.74, 6) is 1.84. The summed E-state index contributed by atoms with van der Waals surface area (Å²) in [6.45, 7) is 4.33. The van der Waals surface area contributed by atoms with Crippen LogP contribution in [0.25, 0.3) is 0 Å². The summed E-state index contributed by atoms with van der Waals surface area (Å²) in [6.07, 6.45) is 0. The Morgan fingerprint density at radius 2 is 2.29 bits per heavy atom. The second-order valence-electron chi connectivity index (χ2n) is 1.79. The predicted molar refractivity (Wildman–Crippen MR) is 39.9 cm³/mol. The molecule has 0 aromatic carbocycles. The van der Waals surface area contributed by atoms with Crippen LogP contribution >= 0.6 is 24.0 Å². The van der Waals surface area contributed by atoms with Gasteiger partial charge in [-0.05, 0) is 5.92 Å². The van der Waals surface area contributed by atoms with E-state index in [0.29, 0.717) is 0 Å². The van der Waals surface area contributed by atoms with Gasteiger partial charge in [0.15, 0.2) is 0 Å². The Morgan fingerprint density at radius 1 is 1.71 bits per heavy atom. The van der Waals surface area contributed by atoms with Crippen molar-refractivity contribution in [2.24, 2.45) is 5.92 Å². The van der Waals surface area contributed by atoms with Crippen molar-refractivity contribution in [1.82, 2.24) is 0 Å². The SMILES string of the molecule is CC(C)CS[C]=S. The van der Waals surface area contributed by atoms with Crippen LogP contribution in [0.5, 0.6) is 0 Å². The molecule has 0 atom stereocenters. The quantitative estimate of drug-likeness (QED) is 0.541. The van der Waals surface area contributed by atoms with E-state index < -0.39 is 0 Å². The van der Waals surface area contributed by atoms with Crippen molar-refractivity contribution in [3.8, 4) is 0 Å². The van der Waals surface area contributed by atoms with Gasteiger partial charge < -0.3 is 0 Å². The Labute approximate surface area is 54.7 Å². The lowest BCUT2D eigenvalue weighted by Crippen LogP contribution is -1.88. The van der Waals surface area contributed by atoms with Crippen molar-refractivity contribution in [3.05, 3.63) is 0 Å². The van der Waals surface area contributed by atoms with Gasteiger partial charge in [0.05, 0.1) is 4.70 Å². The Hall–Kier alpha value is 0.440. The van der Waals surface area contributed by atoms with Crippen molar-refractivity contribution in [1.29, 1.82) is 0 Å². The van der Waals surface area contributed by atoms with E-state index in [4.69, 9.17) is 0 Å². The highest BCUT2D eigenvalue weighted by Crippen LogP contribution is 2.02. The van der Waals surface area contributed by atoms with Crippen LogP contribution in [0, 0.1) is 5.92 Å². The van der Waals surface area contributed by atoms with Gasteiger partial charge in [-0.1, -0.05) is 26.1 Å². The van der Waals surface area contributed by atoms with Gasteiger partial charge in [0.25, 0.3) is 0 Å². The lowest BCUT2D eigenvalue weighted by atomic mass is 10.3. The molecule has 0 aliphatic carbocycles. The summed E-state index contributed by atoms with van der Waals surface area (Å²) >= 11 is 6.06. The van der Waals surface area contributed by atoms with Crippen LogP contribution in [-0.2, 0) is 0 Å². The molecule has 0 nitrogen and oxygen atoms in total. The van der Waals surface area contributed by atoms with Crippen molar-refractivity contribution in [2.45, 2.75) is 13.8 Å². The van der Waals surface area contributed by atoms with Crippen LogP contribution in [0.4, 0.5) is 0 Å². The molecule has 2 heteroatoms. The number of hydrogen-bond donors (Lipinski definition) is 0. The molecule has 0 spiro atoms. The molecule has 0 heterocycles. The minimum absolute atomic E-state index is 0.737. The molecule has 0 aliphatic rings. The Balaban J connectivity index is 2.81. The van der Waals surface area contributed by atoms with Gasteiger partial charge in [-0.2, -0.15) is 0 Å². The van der Waals surface area contributed by atoms with Crippen LogP contribution in [0.1, 0.15) is 13.8 Å². The first-order valence-electron chi connectivity index (χ1n) is 2.26. The average Bonchev–Trinajstić information content (AvgIpc) is 1.61. The molecule has 7 heavy (non-hydrogen) atoms. The van der Waals surface area contributed by atoms with Crippen LogP contribution in [0.3, 0.4) is 0 Å². The zero-order chi connectivity index (χ0) is 5.70. The highest BCUT2D eigenvalue weighted by Gasteiger charge is 1.88. The standard InChI is InChI=1S/C5H9S2/c1-5(2)3-7-4-6/h5H,3H2,1-2H3. The zero-order valence-electron chi connectivity index (χ0n) is 4.60. The van der Waals surface area contributed by atoms with E-state index in [9.17, 15) is 0 Å². The summed E-state index contributed by atoms with van der Waals surface area (Å²) < 4.78 is 2.60. The van der Waals surface area contributed by atoms with Gasteiger partial charge in [0, 0.05) is 5.75 Å². The highest BCUT2D eigenvalue weighted by molar-refractivity contribution is 8.20. The molecule has 0 aromatic rings. The van der Waals surface area contributed by atoms with Gasteiger partial charge in [-0.25, -0.2) is 0 Å². The lowest BCUT2D eigenvalue weighted by molar-refractivity contribution is 0.752. The molecule has 0 fully saturated rings. The van der Waals surface area contributed by atoms with Crippen LogP contribution in [-0.4, -0.2) is 10.5 Å².